The van der Waals surface area contributed by atoms with Gasteiger partial charge in [-0.15, -0.1) is 0 Å². The van der Waals surface area contributed by atoms with Gasteiger partial charge in [0.05, 0.1) is 4.92 Å². The van der Waals surface area contributed by atoms with Gasteiger partial charge in [0.25, 0.3) is 5.69 Å². The molecule has 0 aliphatic carbocycles. The smallest absolute Gasteiger partial charge is 0.292 e. The Morgan fingerprint density at radius 3 is 2.56 bits per heavy atom. The first-order valence-corrected chi connectivity index (χ1v) is 6.53. The lowest BCUT2D eigenvalue weighted by Crippen LogP contribution is -2.37. The second-order valence-electron chi connectivity index (χ2n) is 5.22. The van der Waals surface area contributed by atoms with Gasteiger partial charge in [0.1, 0.15) is 5.69 Å². The Bertz CT molecular complexity index is 471. The normalized spacial score (nSPS) is 19.9. The Morgan fingerprint density at radius 2 is 1.94 bits per heavy atom. The molecule has 1 fully saturated rings. The number of nitrogens with zero attached hydrogens (tertiary/aromatic N) is 2. The minimum atomic E-state index is -0.261. The van der Waals surface area contributed by atoms with Gasteiger partial charge in [0, 0.05) is 18.7 Å². The van der Waals surface area contributed by atoms with Crippen LogP contribution >= 0.6 is 0 Å². The number of piperidine rings is 1. The lowest BCUT2D eigenvalue weighted by Gasteiger charge is -2.35. The van der Waals surface area contributed by atoms with E-state index in [4.69, 9.17) is 0 Å². The molecule has 0 amide bonds. The number of anilines is 1. The van der Waals surface area contributed by atoms with Gasteiger partial charge in [0.2, 0.25) is 0 Å². The van der Waals surface area contributed by atoms with Gasteiger partial charge in [-0.2, -0.15) is 0 Å². The van der Waals surface area contributed by atoms with Crippen molar-refractivity contribution in [2.75, 3.05) is 11.4 Å². The van der Waals surface area contributed by atoms with E-state index in [0.717, 1.165) is 36.2 Å². The van der Waals surface area contributed by atoms with E-state index in [-0.39, 0.29) is 10.6 Å². The molecule has 0 saturated carbocycles. The molecule has 18 heavy (non-hydrogen) atoms. The molecule has 2 rings (SSSR count). The van der Waals surface area contributed by atoms with Crippen molar-refractivity contribution in [2.24, 2.45) is 0 Å². The molecule has 0 bridgehead atoms. The second kappa shape index (κ2) is 4.96. The van der Waals surface area contributed by atoms with E-state index in [1.807, 2.05) is 19.9 Å². The fourth-order valence-corrected chi connectivity index (χ4v) is 2.62. The Balaban J connectivity index is 2.47. The van der Waals surface area contributed by atoms with Gasteiger partial charge in [-0.25, -0.2) is 0 Å². The maximum atomic E-state index is 11.2. The highest BCUT2D eigenvalue weighted by Gasteiger charge is 2.26. The number of nitro groups is 1. The number of hydrogen-bond donors (Lipinski definition) is 0. The Labute approximate surface area is 108 Å². The molecule has 4 nitrogen and oxygen atoms in total. The van der Waals surface area contributed by atoms with Crippen LogP contribution in [0.4, 0.5) is 11.4 Å². The highest BCUT2D eigenvalue weighted by Crippen LogP contribution is 2.34. The summed E-state index contributed by atoms with van der Waals surface area (Å²) in [6.07, 6.45) is 3.45. The first-order chi connectivity index (χ1) is 8.50. The molecular weight excluding hydrogens is 228 g/mol. The van der Waals surface area contributed by atoms with Gasteiger partial charge in [-0.05, 0) is 57.2 Å². The van der Waals surface area contributed by atoms with Gasteiger partial charge in [0.15, 0.2) is 0 Å². The average Bonchev–Trinajstić information content (AvgIpc) is 2.32. The Kier molecular flexibility index (Phi) is 3.55. The molecule has 4 heteroatoms. The molecule has 1 aromatic rings. The summed E-state index contributed by atoms with van der Waals surface area (Å²) in [7, 11) is 0. The van der Waals surface area contributed by atoms with E-state index in [9.17, 15) is 10.1 Å². The van der Waals surface area contributed by atoms with Crippen molar-refractivity contribution in [2.45, 2.75) is 46.1 Å². The molecule has 98 valence electrons. The van der Waals surface area contributed by atoms with Gasteiger partial charge < -0.3 is 4.90 Å². The molecule has 1 heterocycles. The number of benzene rings is 1. The van der Waals surface area contributed by atoms with Gasteiger partial charge in [-0.3, -0.25) is 10.1 Å². The van der Waals surface area contributed by atoms with E-state index in [0.29, 0.717) is 6.04 Å². The van der Waals surface area contributed by atoms with E-state index in [1.165, 1.54) is 6.42 Å². The third kappa shape index (κ3) is 2.33. The Morgan fingerprint density at radius 1 is 1.28 bits per heavy atom. The zero-order chi connectivity index (χ0) is 13.3. The van der Waals surface area contributed by atoms with E-state index >= 15 is 0 Å². The van der Waals surface area contributed by atoms with E-state index in [1.54, 1.807) is 6.07 Å². The first-order valence-electron chi connectivity index (χ1n) is 6.53. The summed E-state index contributed by atoms with van der Waals surface area (Å²) in [5.74, 6) is 0. The SMILES string of the molecule is Cc1cc(N2CCCC[C@H]2C)c([N+](=O)[O-])cc1C. The quantitative estimate of drug-likeness (QED) is 0.593. The summed E-state index contributed by atoms with van der Waals surface area (Å²) in [5.41, 5.74) is 3.13. The molecule has 1 saturated heterocycles. The summed E-state index contributed by atoms with van der Waals surface area (Å²) < 4.78 is 0. The maximum Gasteiger partial charge on any atom is 0.292 e. The molecule has 0 unspecified atom stereocenters. The maximum absolute atomic E-state index is 11.2. The summed E-state index contributed by atoms with van der Waals surface area (Å²) in [4.78, 5) is 13.1. The molecule has 1 aliphatic rings. The lowest BCUT2D eigenvalue weighted by molar-refractivity contribution is -0.384. The van der Waals surface area contributed by atoms with Crippen molar-refractivity contribution in [1.29, 1.82) is 0 Å². The third-order valence-corrected chi connectivity index (χ3v) is 3.90. The number of hydrogen-bond acceptors (Lipinski definition) is 3. The summed E-state index contributed by atoms with van der Waals surface area (Å²) in [5, 5.41) is 11.2. The summed E-state index contributed by atoms with van der Waals surface area (Å²) >= 11 is 0. The van der Waals surface area contributed by atoms with Crippen LogP contribution in [0, 0.1) is 24.0 Å². The lowest BCUT2D eigenvalue weighted by atomic mass is 10.0. The van der Waals surface area contributed by atoms with Crippen LogP contribution in [0.25, 0.3) is 0 Å². The van der Waals surface area contributed by atoms with Crippen LogP contribution in [0.5, 0.6) is 0 Å². The topological polar surface area (TPSA) is 46.4 Å². The van der Waals surface area contributed by atoms with Crippen molar-refractivity contribution in [3.63, 3.8) is 0 Å². The highest BCUT2D eigenvalue weighted by atomic mass is 16.6. The summed E-state index contributed by atoms with van der Waals surface area (Å²) in [6, 6.07) is 4.06. The van der Waals surface area contributed by atoms with Crippen molar-refractivity contribution in [1.82, 2.24) is 0 Å². The largest absolute Gasteiger partial charge is 0.363 e. The Hall–Kier alpha value is -1.58. The fraction of sp³-hybridized carbons (Fsp3) is 0.571. The highest BCUT2D eigenvalue weighted by molar-refractivity contribution is 5.66. The number of aryl methyl sites for hydroxylation is 2. The first kappa shape index (κ1) is 12.9. The predicted molar refractivity (Wildman–Crippen MR) is 73.2 cm³/mol. The van der Waals surface area contributed by atoms with Crippen molar-refractivity contribution < 1.29 is 4.92 Å². The molecule has 1 atom stereocenters. The second-order valence-corrected chi connectivity index (χ2v) is 5.22. The van der Waals surface area contributed by atoms with Crippen LogP contribution in [0.2, 0.25) is 0 Å². The van der Waals surface area contributed by atoms with Gasteiger partial charge in [-0.1, -0.05) is 0 Å². The van der Waals surface area contributed by atoms with Crippen LogP contribution < -0.4 is 4.90 Å². The van der Waals surface area contributed by atoms with Crippen LogP contribution in [0.15, 0.2) is 12.1 Å². The molecule has 1 aliphatic heterocycles. The van der Waals surface area contributed by atoms with Crippen molar-refractivity contribution >= 4 is 11.4 Å². The zero-order valence-electron chi connectivity index (χ0n) is 11.3. The molecular formula is C14H20N2O2. The van der Waals surface area contributed by atoms with Crippen LogP contribution in [-0.4, -0.2) is 17.5 Å². The van der Waals surface area contributed by atoms with Crippen LogP contribution in [0.1, 0.15) is 37.3 Å². The monoisotopic (exact) mass is 248 g/mol. The zero-order valence-corrected chi connectivity index (χ0v) is 11.3. The minimum Gasteiger partial charge on any atom is -0.363 e. The van der Waals surface area contributed by atoms with Gasteiger partial charge >= 0.3 is 0 Å². The van der Waals surface area contributed by atoms with Crippen molar-refractivity contribution in [3.8, 4) is 0 Å². The predicted octanol–water partition coefficient (Wildman–Crippen LogP) is 3.59. The third-order valence-electron chi connectivity index (χ3n) is 3.90. The fourth-order valence-electron chi connectivity index (χ4n) is 2.62. The van der Waals surface area contributed by atoms with E-state index in [2.05, 4.69) is 11.8 Å². The number of rotatable bonds is 2. The number of nitro benzene ring substituents is 1. The molecule has 0 spiro atoms. The molecule has 0 aromatic heterocycles. The standard InChI is InChI=1S/C14H20N2O2/c1-10-8-13(14(16(17)18)9-11(10)2)15-7-5-4-6-12(15)3/h8-9,12H,4-7H2,1-3H3/t12-/m1/s1. The minimum absolute atomic E-state index is 0.242. The van der Waals surface area contributed by atoms with Crippen molar-refractivity contribution in [3.05, 3.63) is 33.4 Å². The average molecular weight is 248 g/mol. The molecule has 0 N–H and O–H groups in total. The molecule has 1 aromatic carbocycles. The summed E-state index contributed by atoms with van der Waals surface area (Å²) in [6.45, 7) is 7.01. The molecule has 0 radical (unpaired) electrons. The van der Waals surface area contributed by atoms with Crippen LogP contribution in [-0.2, 0) is 0 Å². The van der Waals surface area contributed by atoms with Crippen LogP contribution in [0.3, 0.4) is 0 Å². The van der Waals surface area contributed by atoms with E-state index < -0.39 is 0 Å².